The van der Waals surface area contributed by atoms with Crippen LogP contribution in [0.2, 0.25) is 0 Å². The SMILES string of the molecule is CCCNC(c1ccc(C)s1)C1CCCCC1C(F)(F)F. The largest absolute Gasteiger partial charge is 0.392 e. The molecule has 1 nitrogen and oxygen atoms in total. The zero-order valence-corrected chi connectivity index (χ0v) is 13.5. The molecule has 1 heterocycles. The summed E-state index contributed by atoms with van der Waals surface area (Å²) in [6.45, 7) is 4.82. The first-order valence-corrected chi connectivity index (χ1v) is 8.61. The molecule has 1 aromatic heterocycles. The van der Waals surface area contributed by atoms with E-state index in [0.717, 1.165) is 29.1 Å². The second-order valence-corrected chi connectivity index (χ2v) is 7.30. The summed E-state index contributed by atoms with van der Waals surface area (Å²) in [5.41, 5.74) is 0. The van der Waals surface area contributed by atoms with Crippen molar-refractivity contribution < 1.29 is 13.2 Å². The molecule has 3 atom stereocenters. The number of nitrogens with one attached hydrogen (secondary N) is 1. The highest BCUT2D eigenvalue weighted by Crippen LogP contribution is 2.47. The molecule has 3 unspecified atom stereocenters. The Bertz CT molecular complexity index is 441. The van der Waals surface area contributed by atoms with Crippen LogP contribution in [0.15, 0.2) is 12.1 Å². The highest BCUT2D eigenvalue weighted by atomic mass is 32.1. The van der Waals surface area contributed by atoms with Gasteiger partial charge in [-0.15, -0.1) is 11.3 Å². The van der Waals surface area contributed by atoms with E-state index in [-0.39, 0.29) is 18.4 Å². The Balaban J connectivity index is 2.24. The molecular formula is C16H24F3NS. The van der Waals surface area contributed by atoms with Crippen molar-refractivity contribution in [1.29, 1.82) is 0 Å². The van der Waals surface area contributed by atoms with Gasteiger partial charge in [0, 0.05) is 15.8 Å². The number of alkyl halides is 3. The Hall–Kier alpha value is -0.550. The van der Waals surface area contributed by atoms with Crippen LogP contribution in [0.1, 0.15) is 54.8 Å². The lowest BCUT2D eigenvalue weighted by Gasteiger charge is -2.38. The van der Waals surface area contributed by atoms with Crippen LogP contribution in [0.3, 0.4) is 0 Å². The summed E-state index contributed by atoms with van der Waals surface area (Å²) in [6.07, 6.45) is -0.588. The Kier molecular flexibility index (Phi) is 5.72. The van der Waals surface area contributed by atoms with Gasteiger partial charge in [0.15, 0.2) is 0 Å². The Morgan fingerprint density at radius 2 is 2.00 bits per heavy atom. The van der Waals surface area contributed by atoms with Gasteiger partial charge in [-0.1, -0.05) is 19.8 Å². The molecule has 120 valence electrons. The monoisotopic (exact) mass is 319 g/mol. The van der Waals surface area contributed by atoms with Crippen molar-refractivity contribution in [2.75, 3.05) is 6.54 Å². The quantitative estimate of drug-likeness (QED) is 0.759. The minimum atomic E-state index is -4.08. The van der Waals surface area contributed by atoms with Crippen molar-refractivity contribution in [3.8, 4) is 0 Å². The van der Waals surface area contributed by atoms with Crippen LogP contribution in [-0.4, -0.2) is 12.7 Å². The standard InChI is InChI=1S/C16H24F3NS/c1-3-10-20-15(14-9-8-11(2)21-14)12-6-4-5-7-13(12)16(17,18)19/h8-9,12-13,15,20H,3-7,10H2,1-2H3. The lowest BCUT2D eigenvalue weighted by molar-refractivity contribution is -0.199. The van der Waals surface area contributed by atoms with Crippen LogP contribution in [0.4, 0.5) is 13.2 Å². The topological polar surface area (TPSA) is 12.0 Å². The van der Waals surface area contributed by atoms with Crippen molar-refractivity contribution >= 4 is 11.3 Å². The third kappa shape index (κ3) is 4.22. The van der Waals surface area contributed by atoms with E-state index in [1.807, 2.05) is 26.0 Å². The van der Waals surface area contributed by atoms with Crippen molar-refractivity contribution in [3.63, 3.8) is 0 Å². The molecule has 0 bridgehead atoms. The average Bonchev–Trinajstić information content (AvgIpc) is 2.85. The van der Waals surface area contributed by atoms with Gasteiger partial charge in [-0.25, -0.2) is 0 Å². The highest BCUT2D eigenvalue weighted by molar-refractivity contribution is 7.12. The Morgan fingerprint density at radius 1 is 1.29 bits per heavy atom. The van der Waals surface area contributed by atoms with Crippen LogP contribution in [0.25, 0.3) is 0 Å². The number of hydrogen-bond donors (Lipinski definition) is 1. The van der Waals surface area contributed by atoms with Gasteiger partial charge < -0.3 is 5.32 Å². The number of halogens is 3. The van der Waals surface area contributed by atoms with Crippen LogP contribution < -0.4 is 5.32 Å². The van der Waals surface area contributed by atoms with E-state index >= 15 is 0 Å². The summed E-state index contributed by atoms with van der Waals surface area (Å²) in [7, 11) is 0. The summed E-state index contributed by atoms with van der Waals surface area (Å²) in [5, 5.41) is 3.38. The van der Waals surface area contributed by atoms with E-state index in [0.29, 0.717) is 12.8 Å². The number of thiophene rings is 1. The van der Waals surface area contributed by atoms with Crippen molar-refractivity contribution in [1.82, 2.24) is 5.32 Å². The van der Waals surface area contributed by atoms with Gasteiger partial charge in [0.2, 0.25) is 0 Å². The molecule has 0 radical (unpaired) electrons. The molecule has 0 spiro atoms. The minimum absolute atomic E-state index is 0.157. The second-order valence-electron chi connectivity index (χ2n) is 5.98. The maximum absolute atomic E-state index is 13.4. The molecule has 1 aromatic rings. The average molecular weight is 319 g/mol. The zero-order chi connectivity index (χ0) is 15.5. The summed E-state index contributed by atoms with van der Waals surface area (Å²) < 4.78 is 40.1. The fourth-order valence-electron chi connectivity index (χ4n) is 3.35. The molecule has 2 rings (SSSR count). The number of rotatable bonds is 5. The summed E-state index contributed by atoms with van der Waals surface area (Å²) in [6, 6.07) is 3.84. The van der Waals surface area contributed by atoms with Crippen molar-refractivity contribution in [3.05, 3.63) is 21.9 Å². The fourth-order valence-corrected chi connectivity index (χ4v) is 4.38. The lowest BCUT2D eigenvalue weighted by Crippen LogP contribution is -2.40. The predicted molar refractivity (Wildman–Crippen MR) is 81.6 cm³/mol. The van der Waals surface area contributed by atoms with E-state index in [9.17, 15) is 13.2 Å². The molecule has 1 saturated carbocycles. The second kappa shape index (κ2) is 7.14. The van der Waals surface area contributed by atoms with E-state index in [4.69, 9.17) is 0 Å². The predicted octanol–water partition coefficient (Wildman–Crippen LogP) is 5.47. The van der Waals surface area contributed by atoms with Gasteiger partial charge in [0.25, 0.3) is 0 Å². The molecule has 0 amide bonds. The molecule has 1 N–H and O–H groups in total. The molecule has 5 heteroatoms. The first-order chi connectivity index (χ1) is 9.93. The van der Waals surface area contributed by atoms with Crippen LogP contribution in [0, 0.1) is 18.8 Å². The van der Waals surface area contributed by atoms with Crippen LogP contribution >= 0.6 is 11.3 Å². The maximum Gasteiger partial charge on any atom is 0.392 e. The molecule has 0 saturated heterocycles. The van der Waals surface area contributed by atoms with Gasteiger partial charge in [0.05, 0.1) is 5.92 Å². The van der Waals surface area contributed by atoms with Crippen molar-refractivity contribution in [2.45, 2.75) is 58.2 Å². The molecule has 1 aliphatic rings. The molecular weight excluding hydrogens is 295 g/mol. The first-order valence-electron chi connectivity index (χ1n) is 7.80. The summed E-state index contributed by atoms with van der Waals surface area (Å²) >= 11 is 1.62. The minimum Gasteiger partial charge on any atom is -0.309 e. The van der Waals surface area contributed by atoms with Gasteiger partial charge in [-0.05, 0) is 50.8 Å². The highest BCUT2D eigenvalue weighted by Gasteiger charge is 2.48. The molecule has 1 fully saturated rings. The summed E-state index contributed by atoms with van der Waals surface area (Å²) in [4.78, 5) is 2.22. The molecule has 21 heavy (non-hydrogen) atoms. The normalized spacial score (nSPS) is 25.0. The first kappa shape index (κ1) is 16.8. The third-order valence-corrected chi connectivity index (χ3v) is 5.43. The summed E-state index contributed by atoms with van der Waals surface area (Å²) in [5.74, 6) is -1.49. The Morgan fingerprint density at radius 3 is 2.57 bits per heavy atom. The van der Waals surface area contributed by atoms with Gasteiger partial charge in [-0.2, -0.15) is 13.2 Å². The van der Waals surface area contributed by atoms with E-state index in [1.165, 1.54) is 0 Å². The van der Waals surface area contributed by atoms with E-state index in [2.05, 4.69) is 5.32 Å². The maximum atomic E-state index is 13.4. The van der Waals surface area contributed by atoms with Crippen LogP contribution in [0.5, 0.6) is 0 Å². The zero-order valence-electron chi connectivity index (χ0n) is 12.7. The smallest absolute Gasteiger partial charge is 0.309 e. The third-order valence-electron chi connectivity index (χ3n) is 4.35. The Labute approximate surface area is 128 Å². The van der Waals surface area contributed by atoms with Crippen molar-refractivity contribution in [2.24, 2.45) is 11.8 Å². The molecule has 0 aromatic carbocycles. The number of hydrogen-bond acceptors (Lipinski definition) is 2. The van der Waals surface area contributed by atoms with E-state index < -0.39 is 12.1 Å². The van der Waals surface area contributed by atoms with Crippen LogP contribution in [-0.2, 0) is 0 Å². The number of aryl methyl sites for hydroxylation is 1. The molecule has 1 aliphatic carbocycles. The van der Waals surface area contributed by atoms with Gasteiger partial charge >= 0.3 is 6.18 Å². The van der Waals surface area contributed by atoms with E-state index in [1.54, 1.807) is 11.3 Å². The van der Waals surface area contributed by atoms with Gasteiger partial charge in [-0.3, -0.25) is 0 Å². The lowest BCUT2D eigenvalue weighted by atomic mass is 9.74. The molecule has 0 aliphatic heterocycles. The fraction of sp³-hybridized carbons (Fsp3) is 0.750. The van der Waals surface area contributed by atoms with Gasteiger partial charge in [0.1, 0.15) is 0 Å².